The van der Waals surface area contributed by atoms with Crippen molar-refractivity contribution in [1.82, 2.24) is 5.43 Å². The van der Waals surface area contributed by atoms with Crippen molar-refractivity contribution in [2.75, 3.05) is 6.61 Å². The first kappa shape index (κ1) is 15.2. The smallest absolute Gasteiger partial charge is 0.277 e. The van der Waals surface area contributed by atoms with Crippen molar-refractivity contribution in [2.45, 2.75) is 0 Å². The molecule has 0 unspecified atom stereocenters. The zero-order valence-corrected chi connectivity index (χ0v) is 13.1. The van der Waals surface area contributed by atoms with E-state index in [2.05, 4.69) is 26.5 Å². The lowest BCUT2D eigenvalue weighted by Crippen LogP contribution is -2.24. The van der Waals surface area contributed by atoms with Crippen LogP contribution in [0.3, 0.4) is 0 Å². The molecule has 1 aromatic heterocycles. The van der Waals surface area contributed by atoms with Crippen molar-refractivity contribution in [3.8, 4) is 11.8 Å². The van der Waals surface area contributed by atoms with Gasteiger partial charge in [0.05, 0.1) is 15.6 Å². The van der Waals surface area contributed by atoms with Gasteiger partial charge < -0.3 is 4.74 Å². The highest BCUT2D eigenvalue weighted by molar-refractivity contribution is 9.11. The van der Waals surface area contributed by atoms with Crippen LogP contribution in [0.2, 0.25) is 0 Å². The fourth-order valence-corrected chi connectivity index (χ4v) is 2.72. The van der Waals surface area contributed by atoms with Gasteiger partial charge in [0.25, 0.3) is 5.91 Å². The first-order valence-corrected chi connectivity index (χ1v) is 7.49. The Morgan fingerprint density at radius 2 is 2.24 bits per heavy atom. The van der Waals surface area contributed by atoms with Crippen molar-refractivity contribution in [3.63, 3.8) is 0 Å². The molecule has 7 heteroatoms. The minimum absolute atomic E-state index is 0.204. The second-order valence-corrected chi connectivity index (χ2v) is 6.33. The zero-order valence-electron chi connectivity index (χ0n) is 10.7. The number of rotatable bonds is 5. The molecule has 106 valence electrons. The molecule has 0 aliphatic carbocycles. The topological polar surface area (TPSA) is 74.5 Å². The molecule has 0 aliphatic heterocycles. The second kappa shape index (κ2) is 7.57. The van der Waals surface area contributed by atoms with E-state index in [9.17, 15) is 4.79 Å². The van der Waals surface area contributed by atoms with E-state index in [1.807, 2.05) is 18.2 Å². The van der Waals surface area contributed by atoms with Gasteiger partial charge in [0, 0.05) is 4.88 Å². The zero-order chi connectivity index (χ0) is 15.1. The number of nitrogens with zero attached hydrogens (tertiary/aromatic N) is 2. The standard InChI is InChI=1S/C14H10BrN3O2S/c15-13-6-5-11(21-13)8-17-18-14(19)9-20-12-4-2-1-3-10(12)7-16/h1-6,8H,9H2,(H,18,19)/b17-8-. The molecule has 0 fully saturated rings. The Labute approximate surface area is 134 Å². The predicted molar refractivity (Wildman–Crippen MR) is 84.4 cm³/mol. The van der Waals surface area contributed by atoms with Gasteiger partial charge in [-0.3, -0.25) is 4.79 Å². The highest BCUT2D eigenvalue weighted by Crippen LogP contribution is 2.20. The minimum atomic E-state index is -0.394. The maximum absolute atomic E-state index is 11.6. The highest BCUT2D eigenvalue weighted by Gasteiger charge is 2.05. The number of thiophene rings is 1. The molecule has 0 radical (unpaired) electrons. The summed E-state index contributed by atoms with van der Waals surface area (Å²) in [5.74, 6) is -0.0177. The molecule has 2 rings (SSSR count). The van der Waals surface area contributed by atoms with Crippen LogP contribution in [0, 0.1) is 11.3 Å². The van der Waals surface area contributed by atoms with Crippen molar-refractivity contribution in [1.29, 1.82) is 5.26 Å². The van der Waals surface area contributed by atoms with E-state index in [4.69, 9.17) is 10.00 Å². The van der Waals surface area contributed by atoms with E-state index < -0.39 is 5.91 Å². The molecule has 0 saturated heterocycles. The molecule has 0 atom stereocenters. The number of nitrogens with one attached hydrogen (secondary N) is 1. The molecule has 21 heavy (non-hydrogen) atoms. The molecule has 0 saturated carbocycles. The van der Waals surface area contributed by atoms with Gasteiger partial charge in [-0.1, -0.05) is 12.1 Å². The van der Waals surface area contributed by atoms with Gasteiger partial charge in [-0.25, -0.2) is 5.43 Å². The number of hydrogen-bond donors (Lipinski definition) is 1. The Bertz CT molecular complexity index is 706. The van der Waals surface area contributed by atoms with Gasteiger partial charge in [0.2, 0.25) is 0 Å². The first-order valence-electron chi connectivity index (χ1n) is 5.88. The summed E-state index contributed by atoms with van der Waals surface area (Å²) < 4.78 is 6.28. The lowest BCUT2D eigenvalue weighted by atomic mass is 10.2. The molecular weight excluding hydrogens is 354 g/mol. The Morgan fingerprint density at radius 1 is 1.43 bits per heavy atom. The quantitative estimate of drug-likeness (QED) is 0.655. The summed E-state index contributed by atoms with van der Waals surface area (Å²) in [5.41, 5.74) is 2.75. The van der Waals surface area contributed by atoms with Crippen LogP contribution in [0.15, 0.2) is 45.3 Å². The number of nitriles is 1. The molecule has 1 aromatic carbocycles. The van der Waals surface area contributed by atoms with Crippen molar-refractivity contribution in [3.05, 3.63) is 50.6 Å². The molecule has 1 amide bonds. The summed E-state index contributed by atoms with van der Waals surface area (Å²) in [6.45, 7) is -0.204. The van der Waals surface area contributed by atoms with Gasteiger partial charge in [-0.05, 0) is 40.2 Å². The molecule has 1 heterocycles. The van der Waals surface area contributed by atoms with Gasteiger partial charge in [0.15, 0.2) is 6.61 Å². The molecule has 2 aromatic rings. The van der Waals surface area contributed by atoms with E-state index in [-0.39, 0.29) is 6.61 Å². The molecule has 0 spiro atoms. The monoisotopic (exact) mass is 363 g/mol. The number of hydrazone groups is 1. The third-order valence-electron chi connectivity index (χ3n) is 2.34. The van der Waals surface area contributed by atoms with E-state index >= 15 is 0 Å². The van der Waals surface area contributed by atoms with Crippen LogP contribution in [0.1, 0.15) is 10.4 Å². The van der Waals surface area contributed by atoms with E-state index in [1.54, 1.807) is 30.5 Å². The summed E-state index contributed by atoms with van der Waals surface area (Å²) in [4.78, 5) is 12.5. The molecule has 0 bridgehead atoms. The highest BCUT2D eigenvalue weighted by atomic mass is 79.9. The average molecular weight is 364 g/mol. The average Bonchev–Trinajstić information content (AvgIpc) is 2.91. The summed E-state index contributed by atoms with van der Waals surface area (Å²) >= 11 is 4.84. The summed E-state index contributed by atoms with van der Waals surface area (Å²) in [7, 11) is 0. The number of carbonyl (C=O) groups is 1. The number of benzene rings is 1. The van der Waals surface area contributed by atoms with Crippen LogP contribution in [0.4, 0.5) is 0 Å². The number of hydrogen-bond acceptors (Lipinski definition) is 5. The summed E-state index contributed by atoms with van der Waals surface area (Å²) in [6, 6.07) is 12.5. The Morgan fingerprint density at radius 3 is 2.95 bits per heavy atom. The maximum Gasteiger partial charge on any atom is 0.277 e. The number of ether oxygens (including phenoxy) is 1. The molecule has 0 aliphatic rings. The fourth-order valence-electron chi connectivity index (χ4n) is 1.43. The van der Waals surface area contributed by atoms with Crippen LogP contribution in [0.25, 0.3) is 0 Å². The van der Waals surface area contributed by atoms with E-state index in [0.29, 0.717) is 11.3 Å². The van der Waals surface area contributed by atoms with Gasteiger partial charge >= 0.3 is 0 Å². The first-order chi connectivity index (χ1) is 10.2. The normalized spacial score (nSPS) is 10.3. The Hall–Kier alpha value is -2.17. The number of para-hydroxylation sites is 1. The van der Waals surface area contributed by atoms with Gasteiger partial charge in [-0.15, -0.1) is 11.3 Å². The maximum atomic E-state index is 11.6. The van der Waals surface area contributed by atoms with E-state index in [1.165, 1.54) is 11.3 Å². The largest absolute Gasteiger partial charge is 0.482 e. The number of carbonyl (C=O) groups excluding carboxylic acids is 1. The van der Waals surface area contributed by atoms with Crippen LogP contribution in [-0.4, -0.2) is 18.7 Å². The van der Waals surface area contributed by atoms with Crippen LogP contribution >= 0.6 is 27.3 Å². The Kier molecular flexibility index (Phi) is 5.49. The number of halogens is 1. The molecule has 1 N–H and O–H groups in total. The second-order valence-electron chi connectivity index (χ2n) is 3.83. The molecular formula is C14H10BrN3O2S. The fraction of sp³-hybridized carbons (Fsp3) is 0.0714. The van der Waals surface area contributed by atoms with Crippen molar-refractivity contribution in [2.24, 2.45) is 5.10 Å². The van der Waals surface area contributed by atoms with Crippen LogP contribution < -0.4 is 10.2 Å². The third-order valence-corrected chi connectivity index (χ3v) is 3.90. The lowest BCUT2D eigenvalue weighted by molar-refractivity contribution is -0.123. The lowest BCUT2D eigenvalue weighted by Gasteiger charge is -2.05. The van der Waals surface area contributed by atoms with E-state index in [0.717, 1.165) is 8.66 Å². The predicted octanol–water partition coefficient (Wildman–Crippen LogP) is 2.91. The SMILES string of the molecule is N#Cc1ccccc1OCC(=O)N/N=C\c1ccc(Br)s1. The number of amides is 1. The Balaban J connectivity index is 1.82. The minimum Gasteiger partial charge on any atom is -0.482 e. The van der Waals surface area contributed by atoms with Crippen LogP contribution in [-0.2, 0) is 4.79 Å². The summed E-state index contributed by atoms with van der Waals surface area (Å²) in [5, 5.41) is 12.7. The third kappa shape index (κ3) is 4.70. The summed E-state index contributed by atoms with van der Waals surface area (Å²) in [6.07, 6.45) is 1.55. The van der Waals surface area contributed by atoms with Crippen molar-refractivity contribution < 1.29 is 9.53 Å². The van der Waals surface area contributed by atoms with Gasteiger partial charge in [-0.2, -0.15) is 10.4 Å². The van der Waals surface area contributed by atoms with Crippen LogP contribution in [0.5, 0.6) is 5.75 Å². The van der Waals surface area contributed by atoms with Gasteiger partial charge in [0.1, 0.15) is 11.8 Å². The van der Waals surface area contributed by atoms with Crippen molar-refractivity contribution >= 4 is 39.4 Å². The molecule has 5 nitrogen and oxygen atoms in total.